The van der Waals surface area contributed by atoms with Crippen LogP contribution in [0.15, 0.2) is 12.1 Å². The van der Waals surface area contributed by atoms with Crippen molar-refractivity contribution in [3.63, 3.8) is 0 Å². The zero-order chi connectivity index (χ0) is 11.7. The molecule has 0 saturated carbocycles. The molecule has 0 aromatic carbocycles. The van der Waals surface area contributed by atoms with E-state index in [0.717, 1.165) is 5.69 Å². The van der Waals surface area contributed by atoms with E-state index in [1.165, 1.54) is 4.68 Å². The molecule has 0 radical (unpaired) electrons. The molecule has 5 nitrogen and oxygen atoms in total. The topological polar surface area (TPSA) is 60.7 Å². The predicted molar refractivity (Wildman–Crippen MR) is 59.0 cm³/mol. The minimum Gasteiger partial charge on any atom is -0.298 e. The third-order valence-corrected chi connectivity index (χ3v) is 2.53. The fourth-order valence-electron chi connectivity index (χ4n) is 1.30. The number of halogens is 1. The van der Waals surface area contributed by atoms with Gasteiger partial charge < -0.3 is 0 Å². The van der Waals surface area contributed by atoms with Gasteiger partial charge in [-0.3, -0.25) is 4.79 Å². The Morgan fingerprint density at radius 3 is 2.56 bits per heavy atom. The van der Waals surface area contributed by atoms with Crippen LogP contribution in [0.1, 0.15) is 21.7 Å². The van der Waals surface area contributed by atoms with Crippen LogP contribution in [0.4, 0.5) is 0 Å². The number of aromatic nitrogens is 4. The Labute approximate surface area is 97.1 Å². The highest BCUT2D eigenvalue weighted by atomic mass is 35.5. The van der Waals surface area contributed by atoms with Crippen molar-refractivity contribution >= 4 is 17.9 Å². The van der Waals surface area contributed by atoms with Crippen molar-refractivity contribution in [2.45, 2.75) is 13.8 Å². The van der Waals surface area contributed by atoms with Crippen LogP contribution in [0.3, 0.4) is 0 Å². The van der Waals surface area contributed by atoms with E-state index in [1.807, 2.05) is 6.92 Å². The molecule has 2 aromatic heterocycles. The molecule has 0 N–H and O–H groups in total. The van der Waals surface area contributed by atoms with Gasteiger partial charge in [-0.2, -0.15) is 10.2 Å². The predicted octanol–water partition coefficient (Wildman–Crippen LogP) is 1.75. The van der Waals surface area contributed by atoms with Crippen molar-refractivity contribution < 1.29 is 4.79 Å². The molecular weight excluding hydrogens is 228 g/mol. The van der Waals surface area contributed by atoms with Crippen LogP contribution in [-0.4, -0.2) is 26.3 Å². The van der Waals surface area contributed by atoms with Crippen molar-refractivity contribution in [2.24, 2.45) is 0 Å². The minimum atomic E-state index is 0.255. The molecule has 0 atom stereocenters. The summed E-state index contributed by atoms with van der Waals surface area (Å²) in [4.78, 5) is 10.8. The molecule has 0 unspecified atom stereocenters. The van der Waals surface area contributed by atoms with Gasteiger partial charge in [0.2, 0.25) is 0 Å². The lowest BCUT2D eigenvalue weighted by Crippen LogP contribution is -2.02. The van der Waals surface area contributed by atoms with Crippen LogP contribution in [0.5, 0.6) is 0 Å². The van der Waals surface area contributed by atoms with Crippen LogP contribution in [0.2, 0.25) is 5.15 Å². The molecule has 0 saturated heterocycles. The quantitative estimate of drug-likeness (QED) is 0.746. The lowest BCUT2D eigenvalue weighted by Gasteiger charge is -2.00. The minimum absolute atomic E-state index is 0.255. The van der Waals surface area contributed by atoms with Crippen LogP contribution < -0.4 is 0 Å². The first-order chi connectivity index (χ1) is 7.63. The van der Waals surface area contributed by atoms with Crippen LogP contribution in [0.25, 0.3) is 5.82 Å². The van der Waals surface area contributed by atoms with Crippen molar-refractivity contribution in [3.8, 4) is 5.82 Å². The Bertz CT molecular complexity index is 532. The molecule has 6 heteroatoms. The maximum Gasteiger partial charge on any atom is 0.177 e. The molecule has 0 aliphatic rings. The molecule has 0 aliphatic carbocycles. The van der Waals surface area contributed by atoms with Gasteiger partial charge in [0, 0.05) is 0 Å². The lowest BCUT2D eigenvalue weighted by atomic mass is 10.3. The van der Waals surface area contributed by atoms with E-state index >= 15 is 0 Å². The molecule has 2 rings (SSSR count). The Morgan fingerprint density at radius 2 is 2.06 bits per heavy atom. The van der Waals surface area contributed by atoms with Crippen LogP contribution in [0, 0.1) is 13.8 Å². The van der Waals surface area contributed by atoms with Gasteiger partial charge in [-0.1, -0.05) is 11.6 Å². The summed E-state index contributed by atoms with van der Waals surface area (Å²) in [5.74, 6) is 0.492. The maximum absolute atomic E-state index is 10.8. The number of aldehydes is 1. The summed E-state index contributed by atoms with van der Waals surface area (Å²) in [6.07, 6.45) is 0.683. The molecule has 0 aliphatic heterocycles. The summed E-state index contributed by atoms with van der Waals surface area (Å²) in [5, 5.41) is 12.2. The largest absolute Gasteiger partial charge is 0.298 e. The van der Waals surface area contributed by atoms with E-state index in [4.69, 9.17) is 11.6 Å². The van der Waals surface area contributed by atoms with Crippen LogP contribution >= 0.6 is 11.6 Å². The molecule has 0 bridgehead atoms. The van der Waals surface area contributed by atoms with E-state index in [0.29, 0.717) is 23.4 Å². The second kappa shape index (κ2) is 4.02. The maximum atomic E-state index is 10.8. The number of nitrogens with zero attached hydrogens (tertiary/aromatic N) is 4. The van der Waals surface area contributed by atoms with Gasteiger partial charge in [0.25, 0.3) is 0 Å². The summed E-state index contributed by atoms with van der Waals surface area (Å²) in [5.41, 5.74) is 1.76. The highest BCUT2D eigenvalue weighted by molar-refractivity contribution is 6.32. The fourth-order valence-corrected chi connectivity index (χ4v) is 1.61. The van der Waals surface area contributed by atoms with Gasteiger partial charge in [-0.25, -0.2) is 4.68 Å². The average molecular weight is 237 g/mol. The highest BCUT2D eigenvalue weighted by Gasteiger charge is 2.14. The average Bonchev–Trinajstić information content (AvgIpc) is 2.55. The summed E-state index contributed by atoms with van der Waals surface area (Å²) < 4.78 is 1.40. The van der Waals surface area contributed by atoms with Crippen molar-refractivity contribution in [1.82, 2.24) is 20.0 Å². The van der Waals surface area contributed by atoms with E-state index < -0.39 is 0 Å². The second-order valence-electron chi connectivity index (χ2n) is 3.35. The standard InChI is InChI=1S/C10H9ClN4O/c1-6-3-4-9(13-12-6)15-10(11)8(5-16)7(2)14-15/h3-5H,1-2H3. The van der Waals surface area contributed by atoms with Gasteiger partial charge in [-0.15, -0.1) is 5.10 Å². The number of hydrogen-bond acceptors (Lipinski definition) is 4. The summed E-state index contributed by atoms with van der Waals surface area (Å²) in [6.45, 7) is 3.55. The number of carbonyl (C=O) groups excluding carboxylic acids is 1. The third kappa shape index (κ3) is 1.69. The van der Waals surface area contributed by atoms with E-state index in [-0.39, 0.29) is 5.15 Å². The first-order valence-corrected chi connectivity index (χ1v) is 5.02. The summed E-state index contributed by atoms with van der Waals surface area (Å²) in [7, 11) is 0. The number of hydrogen-bond donors (Lipinski definition) is 0. The SMILES string of the molecule is Cc1ccc(-n2nc(C)c(C=O)c2Cl)nn1. The van der Waals surface area contributed by atoms with Crippen molar-refractivity contribution in [1.29, 1.82) is 0 Å². The highest BCUT2D eigenvalue weighted by Crippen LogP contribution is 2.20. The number of aryl methyl sites for hydroxylation is 2. The van der Waals surface area contributed by atoms with Crippen molar-refractivity contribution in [2.75, 3.05) is 0 Å². The van der Waals surface area contributed by atoms with Crippen LogP contribution in [-0.2, 0) is 0 Å². The van der Waals surface area contributed by atoms with Crippen molar-refractivity contribution in [3.05, 3.63) is 34.2 Å². The smallest absolute Gasteiger partial charge is 0.177 e. The second-order valence-corrected chi connectivity index (χ2v) is 3.71. The normalized spacial score (nSPS) is 10.4. The van der Waals surface area contributed by atoms with E-state index in [2.05, 4.69) is 15.3 Å². The zero-order valence-electron chi connectivity index (χ0n) is 8.81. The summed E-state index contributed by atoms with van der Waals surface area (Å²) >= 11 is 6.01. The molecule has 0 spiro atoms. The molecule has 0 amide bonds. The van der Waals surface area contributed by atoms with E-state index in [9.17, 15) is 4.79 Å². The summed E-state index contributed by atoms with van der Waals surface area (Å²) in [6, 6.07) is 3.55. The van der Waals surface area contributed by atoms with E-state index in [1.54, 1.807) is 19.1 Å². The number of rotatable bonds is 2. The van der Waals surface area contributed by atoms with Gasteiger partial charge in [0.15, 0.2) is 12.1 Å². The van der Waals surface area contributed by atoms with Gasteiger partial charge in [0.1, 0.15) is 5.15 Å². The lowest BCUT2D eigenvalue weighted by molar-refractivity contribution is 0.112. The molecular formula is C10H9ClN4O. The first kappa shape index (κ1) is 10.8. The number of carbonyl (C=O) groups is 1. The Balaban J connectivity index is 2.56. The molecule has 2 aromatic rings. The Morgan fingerprint density at radius 1 is 1.31 bits per heavy atom. The van der Waals surface area contributed by atoms with Gasteiger partial charge >= 0.3 is 0 Å². The first-order valence-electron chi connectivity index (χ1n) is 4.64. The molecule has 16 heavy (non-hydrogen) atoms. The third-order valence-electron chi connectivity index (χ3n) is 2.17. The molecule has 0 fully saturated rings. The zero-order valence-corrected chi connectivity index (χ0v) is 9.56. The molecule has 2 heterocycles. The van der Waals surface area contributed by atoms with Gasteiger partial charge in [-0.05, 0) is 26.0 Å². The fraction of sp³-hybridized carbons (Fsp3) is 0.200. The molecule has 82 valence electrons. The monoisotopic (exact) mass is 236 g/mol. The Kier molecular flexibility index (Phi) is 2.70. The Hall–Kier alpha value is -1.75. The van der Waals surface area contributed by atoms with Gasteiger partial charge in [0.05, 0.1) is 17.0 Å².